The molecule has 0 bridgehead atoms. The fourth-order valence-corrected chi connectivity index (χ4v) is 5.21. The van der Waals surface area contributed by atoms with Crippen LogP contribution >= 0.6 is 23.4 Å². The molecule has 0 fully saturated rings. The fraction of sp³-hybridized carbons (Fsp3) is 0.192. The Hall–Kier alpha value is -3.49. The molecule has 1 aliphatic heterocycles. The first-order chi connectivity index (χ1) is 16.9. The summed E-state index contributed by atoms with van der Waals surface area (Å²) >= 11 is 7.79. The van der Waals surface area contributed by atoms with Crippen LogP contribution in [0.15, 0.2) is 81.7 Å². The number of aromatic nitrogens is 3. The monoisotopic (exact) mass is 505 g/mol. The highest BCUT2D eigenvalue weighted by Crippen LogP contribution is 2.37. The summed E-state index contributed by atoms with van der Waals surface area (Å²) in [5, 5.41) is 12.3. The summed E-state index contributed by atoms with van der Waals surface area (Å²) in [6.07, 6.45) is 1.59. The third-order valence-electron chi connectivity index (χ3n) is 5.84. The van der Waals surface area contributed by atoms with Gasteiger partial charge in [0.15, 0.2) is 0 Å². The quantitative estimate of drug-likeness (QED) is 0.296. The highest BCUT2D eigenvalue weighted by Gasteiger charge is 2.36. The molecule has 1 unspecified atom stereocenters. The van der Waals surface area contributed by atoms with Gasteiger partial charge in [0.1, 0.15) is 11.8 Å². The number of carbonyl (C=O) groups is 1. The van der Waals surface area contributed by atoms with E-state index in [1.165, 1.54) is 11.8 Å². The highest BCUT2D eigenvalue weighted by atomic mass is 35.5. The van der Waals surface area contributed by atoms with Gasteiger partial charge in [-0.3, -0.25) is 4.79 Å². The van der Waals surface area contributed by atoms with Gasteiger partial charge in [0, 0.05) is 22.2 Å². The number of fused-ring (bicyclic) bond motifs is 1. The lowest BCUT2D eigenvalue weighted by molar-refractivity contribution is -0.113. The molecule has 5 rings (SSSR count). The van der Waals surface area contributed by atoms with Crippen LogP contribution in [0.3, 0.4) is 0 Å². The van der Waals surface area contributed by atoms with Crippen LogP contribution in [0.1, 0.15) is 35.4 Å². The van der Waals surface area contributed by atoms with Gasteiger partial charge >= 0.3 is 0 Å². The van der Waals surface area contributed by atoms with Crippen LogP contribution in [0.2, 0.25) is 5.02 Å². The number of furan rings is 1. The van der Waals surface area contributed by atoms with Crippen LogP contribution in [0.4, 0.5) is 11.6 Å². The number of anilines is 2. The Morgan fingerprint density at radius 3 is 2.74 bits per heavy atom. The summed E-state index contributed by atoms with van der Waals surface area (Å²) in [7, 11) is 0. The topological polar surface area (TPSA) is 85.0 Å². The minimum Gasteiger partial charge on any atom is -0.467 e. The Labute approximate surface area is 212 Å². The van der Waals surface area contributed by atoms with Crippen molar-refractivity contribution in [3.8, 4) is 0 Å². The predicted octanol–water partition coefficient (Wildman–Crippen LogP) is 6.36. The largest absolute Gasteiger partial charge is 0.467 e. The van der Waals surface area contributed by atoms with E-state index in [2.05, 4.69) is 15.6 Å². The Morgan fingerprint density at radius 2 is 2.00 bits per heavy atom. The number of allylic oxidation sites excluding steroid dienone is 1. The molecule has 0 radical (unpaired) electrons. The van der Waals surface area contributed by atoms with E-state index in [-0.39, 0.29) is 5.91 Å². The Balaban J connectivity index is 1.46. The zero-order chi connectivity index (χ0) is 24.5. The van der Waals surface area contributed by atoms with Crippen LogP contribution < -0.4 is 10.6 Å². The van der Waals surface area contributed by atoms with Crippen molar-refractivity contribution in [1.82, 2.24) is 14.8 Å². The summed E-state index contributed by atoms with van der Waals surface area (Å²) in [4.78, 5) is 18.2. The van der Waals surface area contributed by atoms with Crippen molar-refractivity contribution < 1.29 is 9.21 Å². The van der Waals surface area contributed by atoms with E-state index < -0.39 is 6.04 Å². The Kier molecular flexibility index (Phi) is 6.40. The van der Waals surface area contributed by atoms with Crippen molar-refractivity contribution >= 4 is 40.9 Å². The first kappa shape index (κ1) is 23.3. The van der Waals surface area contributed by atoms with Gasteiger partial charge in [0.2, 0.25) is 11.1 Å². The maximum atomic E-state index is 13.6. The average molecular weight is 506 g/mol. The van der Waals surface area contributed by atoms with E-state index in [0.29, 0.717) is 38.9 Å². The van der Waals surface area contributed by atoms with Crippen molar-refractivity contribution in [3.05, 3.63) is 99.6 Å². The van der Waals surface area contributed by atoms with Gasteiger partial charge < -0.3 is 15.1 Å². The summed E-state index contributed by atoms with van der Waals surface area (Å²) in [6.45, 7) is 5.86. The van der Waals surface area contributed by atoms with Gasteiger partial charge in [-0.15, -0.1) is 5.10 Å². The fourth-order valence-electron chi connectivity index (χ4n) is 4.10. The number of thioether (sulfide) groups is 1. The normalized spacial score (nSPS) is 15.0. The minimum absolute atomic E-state index is 0.227. The summed E-state index contributed by atoms with van der Waals surface area (Å²) < 4.78 is 7.45. The highest BCUT2D eigenvalue weighted by molar-refractivity contribution is 7.98. The molecule has 35 heavy (non-hydrogen) atoms. The van der Waals surface area contributed by atoms with E-state index in [1.807, 2.05) is 69.3 Å². The number of nitrogens with zero attached hydrogens (tertiary/aromatic N) is 3. The lowest BCUT2D eigenvalue weighted by atomic mass is 9.99. The number of nitrogens with one attached hydrogen (secondary N) is 2. The zero-order valence-corrected chi connectivity index (χ0v) is 21.1. The molecule has 2 aromatic carbocycles. The predicted molar refractivity (Wildman–Crippen MR) is 139 cm³/mol. The van der Waals surface area contributed by atoms with Crippen molar-refractivity contribution in [2.24, 2.45) is 0 Å². The number of aryl methyl sites for hydroxylation is 2. The molecule has 3 heterocycles. The number of benzene rings is 2. The average Bonchev–Trinajstić information content (AvgIpc) is 3.49. The van der Waals surface area contributed by atoms with Gasteiger partial charge in [-0.1, -0.05) is 59.3 Å². The lowest BCUT2D eigenvalue weighted by Crippen LogP contribution is -2.31. The van der Waals surface area contributed by atoms with Crippen LogP contribution in [0, 0.1) is 13.8 Å². The molecule has 0 saturated carbocycles. The van der Waals surface area contributed by atoms with E-state index in [9.17, 15) is 4.79 Å². The Morgan fingerprint density at radius 1 is 1.17 bits per heavy atom. The van der Waals surface area contributed by atoms with Crippen molar-refractivity contribution in [1.29, 1.82) is 0 Å². The molecule has 2 aromatic heterocycles. The van der Waals surface area contributed by atoms with Crippen LogP contribution in [-0.4, -0.2) is 20.7 Å². The van der Waals surface area contributed by atoms with Crippen molar-refractivity contribution in [2.75, 3.05) is 10.6 Å². The smallest absolute Gasteiger partial charge is 0.256 e. The second-order valence-electron chi connectivity index (χ2n) is 8.40. The number of hydrogen-bond acceptors (Lipinski definition) is 6. The summed E-state index contributed by atoms with van der Waals surface area (Å²) in [5.41, 5.74) is 5.10. The summed E-state index contributed by atoms with van der Waals surface area (Å²) in [6, 6.07) is 16.7. The number of halogens is 1. The van der Waals surface area contributed by atoms with E-state index in [4.69, 9.17) is 21.1 Å². The lowest BCUT2D eigenvalue weighted by Gasteiger charge is -2.27. The molecule has 4 aromatic rings. The molecule has 1 amide bonds. The van der Waals surface area contributed by atoms with Crippen molar-refractivity contribution in [2.45, 2.75) is 37.7 Å². The maximum absolute atomic E-state index is 13.6. The SMILES string of the molecule is CC1=C(C(=O)Nc2ccc(C)cc2C)C(c2ccco2)n2nc(SCc3ccccc3Cl)nc2N1. The second-order valence-corrected chi connectivity index (χ2v) is 9.75. The van der Waals surface area contributed by atoms with Gasteiger partial charge in [-0.25, -0.2) is 4.68 Å². The van der Waals surface area contributed by atoms with Crippen molar-refractivity contribution in [3.63, 3.8) is 0 Å². The second kappa shape index (κ2) is 9.64. The minimum atomic E-state index is -0.561. The van der Waals surface area contributed by atoms with Gasteiger partial charge in [-0.05, 0) is 56.2 Å². The molecule has 7 nitrogen and oxygen atoms in total. The zero-order valence-electron chi connectivity index (χ0n) is 19.5. The van der Waals surface area contributed by atoms with E-state index in [1.54, 1.807) is 17.0 Å². The molecule has 2 N–H and O–H groups in total. The molecule has 1 atom stereocenters. The number of hydrogen-bond donors (Lipinski definition) is 2. The third kappa shape index (κ3) is 4.72. The molecular formula is C26H24ClN5O2S. The molecule has 0 aliphatic carbocycles. The maximum Gasteiger partial charge on any atom is 0.256 e. The third-order valence-corrected chi connectivity index (χ3v) is 7.09. The molecular weight excluding hydrogens is 482 g/mol. The molecule has 1 aliphatic rings. The first-order valence-corrected chi connectivity index (χ1v) is 12.5. The van der Waals surface area contributed by atoms with E-state index in [0.717, 1.165) is 22.4 Å². The number of rotatable bonds is 6. The van der Waals surface area contributed by atoms with Crippen LogP contribution in [0.25, 0.3) is 0 Å². The Bertz CT molecular complexity index is 1430. The molecule has 0 spiro atoms. The number of amides is 1. The molecule has 9 heteroatoms. The number of carbonyl (C=O) groups excluding carboxylic acids is 1. The molecule has 178 valence electrons. The summed E-state index contributed by atoms with van der Waals surface area (Å²) in [5.74, 6) is 1.55. The van der Waals surface area contributed by atoms with Gasteiger partial charge in [-0.2, -0.15) is 4.98 Å². The van der Waals surface area contributed by atoms with Gasteiger partial charge in [0.25, 0.3) is 5.91 Å². The van der Waals surface area contributed by atoms with Crippen LogP contribution in [0.5, 0.6) is 0 Å². The first-order valence-electron chi connectivity index (χ1n) is 11.1. The molecule has 0 saturated heterocycles. The standard InChI is InChI=1S/C26H24ClN5O2S/c1-15-10-11-20(16(2)13-15)29-24(33)22-17(3)28-25-30-26(35-14-18-7-4-5-8-19(18)27)31-32(25)23(22)21-9-6-12-34-21/h4-13,23H,14H2,1-3H3,(H,29,33)(H,28,30,31). The van der Waals surface area contributed by atoms with E-state index >= 15 is 0 Å². The van der Waals surface area contributed by atoms with Gasteiger partial charge in [0.05, 0.1) is 11.8 Å². The van der Waals surface area contributed by atoms with Crippen LogP contribution in [-0.2, 0) is 10.5 Å².